The van der Waals surface area contributed by atoms with Crippen LogP contribution in [0.15, 0.2) is 0 Å². The minimum Gasteiger partial charge on any atom is -0.344 e. The zero-order chi connectivity index (χ0) is 7.56. The quantitative estimate of drug-likeness (QED) is 0.524. The Bertz CT molecular complexity index is 136. The van der Waals surface area contributed by atoms with E-state index in [4.69, 9.17) is 0 Å². The fourth-order valence-electron chi connectivity index (χ4n) is 1.07. The minimum atomic E-state index is -0.130. The van der Waals surface area contributed by atoms with E-state index in [1.165, 1.54) is 7.11 Å². The van der Waals surface area contributed by atoms with Crippen LogP contribution in [0.4, 0.5) is 0 Å². The topological polar surface area (TPSA) is 41.6 Å². The number of carbonyl (C=O) groups is 1. The number of likely N-dealkylation sites (N-methyl/N-ethyl adjacent to an activating group) is 1. The first-order valence-corrected chi connectivity index (χ1v) is 3.29. The molecule has 0 spiro atoms. The van der Waals surface area contributed by atoms with Gasteiger partial charge < -0.3 is 9.74 Å². The third-order valence-electron chi connectivity index (χ3n) is 1.69. The maximum Gasteiger partial charge on any atom is 0.241 e. The first-order valence-electron chi connectivity index (χ1n) is 3.29. The second kappa shape index (κ2) is 2.98. The van der Waals surface area contributed by atoms with E-state index < -0.39 is 0 Å². The molecule has 4 nitrogen and oxygen atoms in total. The van der Waals surface area contributed by atoms with Crippen molar-refractivity contribution in [2.75, 3.05) is 20.7 Å². The summed E-state index contributed by atoms with van der Waals surface area (Å²) in [6.45, 7) is 0.819. The van der Waals surface area contributed by atoms with Crippen LogP contribution < -0.4 is 5.48 Å². The van der Waals surface area contributed by atoms with Crippen molar-refractivity contribution in [3.05, 3.63) is 0 Å². The average molecular weight is 144 g/mol. The van der Waals surface area contributed by atoms with Crippen LogP contribution in [0.3, 0.4) is 0 Å². The highest BCUT2D eigenvalue weighted by atomic mass is 16.6. The molecule has 0 aromatic carbocycles. The van der Waals surface area contributed by atoms with E-state index in [9.17, 15) is 4.79 Å². The largest absolute Gasteiger partial charge is 0.344 e. The van der Waals surface area contributed by atoms with Crippen LogP contribution >= 0.6 is 0 Å². The summed E-state index contributed by atoms with van der Waals surface area (Å²) in [6, 6.07) is -0.130. The van der Waals surface area contributed by atoms with Gasteiger partial charge in [0, 0.05) is 13.6 Å². The van der Waals surface area contributed by atoms with Gasteiger partial charge in [0.25, 0.3) is 0 Å². The van der Waals surface area contributed by atoms with E-state index >= 15 is 0 Å². The Labute approximate surface area is 60.1 Å². The lowest BCUT2D eigenvalue weighted by Crippen LogP contribution is -2.36. The number of hydrogen-bond acceptors (Lipinski definition) is 3. The average Bonchev–Trinajstić information content (AvgIpc) is 2.20. The van der Waals surface area contributed by atoms with Crippen molar-refractivity contribution in [3.8, 4) is 0 Å². The van der Waals surface area contributed by atoms with Crippen LogP contribution in [-0.4, -0.2) is 37.6 Å². The molecule has 1 aliphatic rings. The van der Waals surface area contributed by atoms with E-state index in [-0.39, 0.29) is 11.9 Å². The molecule has 1 aliphatic heterocycles. The predicted molar refractivity (Wildman–Crippen MR) is 36.2 cm³/mol. The summed E-state index contributed by atoms with van der Waals surface area (Å²) in [4.78, 5) is 17.4. The number of hydrogen-bond donors (Lipinski definition) is 1. The molecule has 1 amide bonds. The van der Waals surface area contributed by atoms with Gasteiger partial charge in [0.1, 0.15) is 6.04 Å². The molecule has 1 N–H and O–H groups in total. The fraction of sp³-hybridized carbons (Fsp3) is 0.833. The summed E-state index contributed by atoms with van der Waals surface area (Å²) >= 11 is 0. The lowest BCUT2D eigenvalue weighted by molar-refractivity contribution is -0.131. The molecule has 0 aliphatic carbocycles. The number of nitrogens with one attached hydrogen (secondary N) is 1. The zero-order valence-electron chi connectivity index (χ0n) is 6.26. The Morgan fingerprint density at radius 3 is 2.90 bits per heavy atom. The molecule has 0 radical (unpaired) electrons. The molecule has 1 saturated heterocycles. The lowest BCUT2D eigenvalue weighted by atomic mass is 10.3. The minimum absolute atomic E-state index is 0.113. The Hall–Kier alpha value is -0.610. The first-order chi connectivity index (χ1) is 4.75. The summed E-state index contributed by atoms with van der Waals surface area (Å²) in [6.07, 6.45) is 0.836. The molecule has 0 aromatic rings. The number of hydroxylamine groups is 1. The Balaban J connectivity index is 2.41. The molecule has 10 heavy (non-hydrogen) atoms. The molecule has 1 atom stereocenters. The summed E-state index contributed by atoms with van der Waals surface area (Å²) in [7, 11) is 3.31. The molecule has 1 heterocycles. The van der Waals surface area contributed by atoms with Gasteiger partial charge in [0.15, 0.2) is 0 Å². The number of carbonyl (C=O) groups excluding carboxylic acids is 1. The van der Waals surface area contributed by atoms with E-state index in [1.807, 2.05) is 0 Å². The molecule has 58 valence electrons. The molecule has 0 bridgehead atoms. The molecule has 1 fully saturated rings. The Morgan fingerprint density at radius 2 is 2.50 bits per heavy atom. The highest BCUT2D eigenvalue weighted by molar-refractivity contribution is 5.83. The van der Waals surface area contributed by atoms with Crippen LogP contribution in [0.5, 0.6) is 0 Å². The van der Waals surface area contributed by atoms with E-state index in [0.717, 1.165) is 13.0 Å². The predicted octanol–water partition coefficient (Wildman–Crippen LogP) is -0.632. The second-order valence-corrected chi connectivity index (χ2v) is 2.42. The smallest absolute Gasteiger partial charge is 0.241 e. The molecular weight excluding hydrogens is 132 g/mol. The standard InChI is InChI=1S/C6H12N2O2/c1-8-4-3-5(6(8)9)7-10-2/h5,7H,3-4H2,1-2H3. The third-order valence-corrected chi connectivity index (χ3v) is 1.69. The SMILES string of the molecule is CONC1CCN(C)C1=O. The van der Waals surface area contributed by atoms with Crippen molar-refractivity contribution >= 4 is 5.91 Å². The van der Waals surface area contributed by atoms with Gasteiger partial charge in [0.2, 0.25) is 5.91 Å². The normalized spacial score (nSPS) is 26.0. The molecule has 0 aromatic heterocycles. The summed E-state index contributed by atoms with van der Waals surface area (Å²) in [5, 5.41) is 0. The highest BCUT2D eigenvalue weighted by Gasteiger charge is 2.28. The molecule has 4 heteroatoms. The third kappa shape index (κ3) is 1.27. The van der Waals surface area contributed by atoms with E-state index in [2.05, 4.69) is 10.3 Å². The van der Waals surface area contributed by atoms with Crippen LogP contribution in [0.2, 0.25) is 0 Å². The van der Waals surface area contributed by atoms with E-state index in [0.29, 0.717) is 0 Å². The first kappa shape index (κ1) is 7.50. The maximum absolute atomic E-state index is 11.1. The van der Waals surface area contributed by atoms with Crippen LogP contribution in [0.1, 0.15) is 6.42 Å². The maximum atomic E-state index is 11.1. The zero-order valence-corrected chi connectivity index (χ0v) is 6.26. The second-order valence-electron chi connectivity index (χ2n) is 2.42. The number of amides is 1. The van der Waals surface area contributed by atoms with Crippen molar-refractivity contribution in [1.82, 2.24) is 10.4 Å². The van der Waals surface area contributed by atoms with Crippen molar-refractivity contribution in [1.29, 1.82) is 0 Å². The van der Waals surface area contributed by atoms with Gasteiger partial charge in [-0.2, -0.15) is 5.48 Å². The van der Waals surface area contributed by atoms with Crippen LogP contribution in [-0.2, 0) is 9.63 Å². The summed E-state index contributed by atoms with van der Waals surface area (Å²) in [5.74, 6) is 0.113. The molecular formula is C6H12N2O2. The Kier molecular flexibility index (Phi) is 2.24. The van der Waals surface area contributed by atoms with Gasteiger partial charge >= 0.3 is 0 Å². The van der Waals surface area contributed by atoms with Crippen molar-refractivity contribution in [3.63, 3.8) is 0 Å². The van der Waals surface area contributed by atoms with Crippen molar-refractivity contribution in [2.24, 2.45) is 0 Å². The number of rotatable bonds is 2. The van der Waals surface area contributed by atoms with Gasteiger partial charge in [-0.15, -0.1) is 0 Å². The van der Waals surface area contributed by atoms with Gasteiger partial charge in [-0.3, -0.25) is 4.79 Å². The summed E-state index contributed by atoms with van der Waals surface area (Å²) < 4.78 is 0. The molecule has 1 unspecified atom stereocenters. The van der Waals surface area contributed by atoms with Crippen molar-refractivity contribution < 1.29 is 9.63 Å². The molecule has 1 rings (SSSR count). The fourth-order valence-corrected chi connectivity index (χ4v) is 1.07. The lowest BCUT2D eigenvalue weighted by Gasteiger charge is -2.09. The number of likely N-dealkylation sites (tertiary alicyclic amines) is 1. The highest BCUT2D eigenvalue weighted by Crippen LogP contribution is 2.07. The Morgan fingerprint density at radius 1 is 1.80 bits per heavy atom. The monoisotopic (exact) mass is 144 g/mol. The van der Waals surface area contributed by atoms with Crippen molar-refractivity contribution in [2.45, 2.75) is 12.5 Å². The van der Waals surface area contributed by atoms with Gasteiger partial charge in [-0.05, 0) is 6.42 Å². The van der Waals surface area contributed by atoms with Gasteiger partial charge in [0.05, 0.1) is 7.11 Å². The van der Waals surface area contributed by atoms with Gasteiger partial charge in [-0.25, -0.2) is 0 Å². The number of nitrogens with zero attached hydrogens (tertiary/aromatic N) is 1. The van der Waals surface area contributed by atoms with Crippen LogP contribution in [0.25, 0.3) is 0 Å². The van der Waals surface area contributed by atoms with Gasteiger partial charge in [-0.1, -0.05) is 0 Å². The summed E-state index contributed by atoms with van der Waals surface area (Å²) in [5.41, 5.74) is 2.63. The van der Waals surface area contributed by atoms with E-state index in [1.54, 1.807) is 11.9 Å². The van der Waals surface area contributed by atoms with Crippen LogP contribution in [0, 0.1) is 0 Å². The molecule has 0 saturated carbocycles.